The highest BCUT2D eigenvalue weighted by molar-refractivity contribution is 7.89. The quantitative estimate of drug-likeness (QED) is 0.645. The number of rotatable bonds is 6. The molecule has 0 atom stereocenters. The smallest absolute Gasteiger partial charge is 0.303 e. The zero-order valence-electron chi connectivity index (χ0n) is 19.4. The molecule has 1 aromatic rings. The van der Waals surface area contributed by atoms with E-state index < -0.39 is 21.4 Å². The van der Waals surface area contributed by atoms with Gasteiger partial charge in [-0.15, -0.1) is 6.58 Å². The summed E-state index contributed by atoms with van der Waals surface area (Å²) < 4.78 is 35.2. The van der Waals surface area contributed by atoms with Crippen LogP contribution in [0.4, 0.5) is 0 Å². The lowest BCUT2D eigenvalue weighted by Gasteiger charge is -2.41. The molecule has 1 N–H and O–H groups in total. The third-order valence-corrected chi connectivity index (χ3v) is 9.32. The first kappa shape index (κ1) is 23.8. The van der Waals surface area contributed by atoms with E-state index in [4.69, 9.17) is 4.74 Å². The number of fused-ring (bicyclic) bond motifs is 1. The maximum absolute atomic E-state index is 13.7. The Kier molecular flexibility index (Phi) is 6.33. The van der Waals surface area contributed by atoms with Crippen LogP contribution in [0.3, 0.4) is 0 Å². The van der Waals surface area contributed by atoms with Crippen LogP contribution in [0.5, 0.6) is 5.75 Å². The lowest BCUT2D eigenvalue weighted by Crippen LogP contribution is -2.44. The summed E-state index contributed by atoms with van der Waals surface area (Å²) in [7, 11) is -3.70. The normalized spacial score (nSPS) is 20.5. The monoisotopic (exact) mass is 449 g/mol. The van der Waals surface area contributed by atoms with E-state index in [9.17, 15) is 18.3 Å². The standard InChI is InChI=1S/C24H35NO5S/c1-7-9-24(15-20(26)27)11-13-25(14-12-24)31(28,29)22-17(3)16(2)21-19(18(22)4)8-10-23(5,6)30-21/h7H,1,8-15H2,2-6H3,(H,26,27). The third-order valence-electron chi connectivity index (χ3n) is 7.15. The number of piperidine rings is 1. The second-order valence-corrected chi connectivity index (χ2v) is 11.7. The van der Waals surface area contributed by atoms with Crippen molar-refractivity contribution in [1.29, 1.82) is 0 Å². The van der Waals surface area contributed by atoms with Gasteiger partial charge in [-0.3, -0.25) is 4.79 Å². The Morgan fingerprint density at radius 3 is 2.29 bits per heavy atom. The molecule has 3 rings (SSSR count). The number of benzene rings is 1. The molecule has 6 nitrogen and oxygen atoms in total. The highest BCUT2D eigenvalue weighted by Crippen LogP contribution is 2.44. The molecule has 2 aliphatic rings. The summed E-state index contributed by atoms with van der Waals surface area (Å²) in [6, 6.07) is 0. The Bertz CT molecular complexity index is 1000. The first-order chi connectivity index (χ1) is 14.3. The van der Waals surface area contributed by atoms with Gasteiger partial charge in [0.05, 0.1) is 11.3 Å². The van der Waals surface area contributed by atoms with Gasteiger partial charge in [-0.05, 0) is 94.4 Å². The van der Waals surface area contributed by atoms with Crippen molar-refractivity contribution in [3.05, 3.63) is 34.9 Å². The number of nitrogens with zero attached hydrogens (tertiary/aromatic N) is 1. The first-order valence-electron chi connectivity index (χ1n) is 11.0. The predicted molar refractivity (Wildman–Crippen MR) is 121 cm³/mol. The topological polar surface area (TPSA) is 83.9 Å². The number of carbonyl (C=O) groups is 1. The van der Waals surface area contributed by atoms with Gasteiger partial charge in [-0.1, -0.05) is 6.08 Å². The van der Waals surface area contributed by atoms with E-state index in [1.807, 2.05) is 20.8 Å². The average molecular weight is 450 g/mol. The Morgan fingerprint density at radius 1 is 1.13 bits per heavy atom. The fraction of sp³-hybridized carbons (Fsp3) is 0.625. The van der Waals surface area contributed by atoms with Crippen molar-refractivity contribution in [2.24, 2.45) is 5.41 Å². The highest BCUT2D eigenvalue weighted by Gasteiger charge is 2.41. The number of aliphatic carboxylic acids is 1. The molecular formula is C24H35NO5S. The van der Waals surface area contributed by atoms with Gasteiger partial charge in [0.25, 0.3) is 0 Å². The molecule has 0 aliphatic carbocycles. The number of ether oxygens (including phenoxy) is 1. The molecule has 31 heavy (non-hydrogen) atoms. The van der Waals surface area contributed by atoms with Crippen LogP contribution in [-0.2, 0) is 21.2 Å². The van der Waals surface area contributed by atoms with Crippen LogP contribution in [0, 0.1) is 26.2 Å². The number of hydrogen-bond donors (Lipinski definition) is 1. The van der Waals surface area contributed by atoms with Crippen LogP contribution in [-0.4, -0.2) is 42.5 Å². The molecule has 0 spiro atoms. The second kappa shape index (κ2) is 8.24. The molecule has 0 radical (unpaired) electrons. The summed E-state index contributed by atoms with van der Waals surface area (Å²) in [5.74, 6) is -0.0200. The predicted octanol–water partition coefficient (Wildman–Crippen LogP) is 4.54. The molecule has 172 valence electrons. The van der Waals surface area contributed by atoms with E-state index in [2.05, 4.69) is 20.4 Å². The van der Waals surface area contributed by atoms with Gasteiger partial charge in [-0.2, -0.15) is 4.31 Å². The van der Waals surface area contributed by atoms with Crippen molar-refractivity contribution in [3.8, 4) is 5.75 Å². The SMILES string of the molecule is C=CCC1(CC(=O)O)CCN(S(=O)(=O)c2c(C)c(C)c3c(c2C)CCC(C)(C)O3)CC1. The van der Waals surface area contributed by atoms with E-state index in [0.29, 0.717) is 37.2 Å². The molecule has 0 saturated carbocycles. The first-order valence-corrected chi connectivity index (χ1v) is 12.4. The summed E-state index contributed by atoms with van der Waals surface area (Å²) in [6.45, 7) is 14.2. The van der Waals surface area contributed by atoms with Crippen molar-refractivity contribution in [2.75, 3.05) is 13.1 Å². The van der Waals surface area contributed by atoms with Crippen LogP contribution in [0.1, 0.15) is 68.2 Å². The molecule has 2 heterocycles. The maximum Gasteiger partial charge on any atom is 0.303 e. The Morgan fingerprint density at radius 2 is 1.74 bits per heavy atom. The minimum atomic E-state index is -3.70. The van der Waals surface area contributed by atoms with E-state index >= 15 is 0 Å². The van der Waals surface area contributed by atoms with Crippen LogP contribution in [0.2, 0.25) is 0 Å². The molecule has 1 aromatic carbocycles. The van der Waals surface area contributed by atoms with Crippen LogP contribution < -0.4 is 4.74 Å². The summed E-state index contributed by atoms with van der Waals surface area (Å²) in [6.07, 6.45) is 5.03. The van der Waals surface area contributed by atoms with Crippen molar-refractivity contribution in [1.82, 2.24) is 4.31 Å². The fourth-order valence-electron chi connectivity index (χ4n) is 5.15. The van der Waals surface area contributed by atoms with Gasteiger partial charge in [0.2, 0.25) is 10.0 Å². The van der Waals surface area contributed by atoms with E-state index in [0.717, 1.165) is 40.8 Å². The number of allylic oxidation sites excluding steroid dienone is 1. The number of hydrogen-bond acceptors (Lipinski definition) is 4. The van der Waals surface area contributed by atoms with Gasteiger partial charge < -0.3 is 9.84 Å². The minimum Gasteiger partial charge on any atom is -0.487 e. The van der Waals surface area contributed by atoms with Crippen molar-refractivity contribution in [3.63, 3.8) is 0 Å². The Balaban J connectivity index is 1.96. The lowest BCUT2D eigenvalue weighted by molar-refractivity contribution is -0.140. The molecule has 0 bridgehead atoms. The molecule has 0 aromatic heterocycles. The minimum absolute atomic E-state index is 0.0377. The molecule has 1 fully saturated rings. The summed E-state index contributed by atoms with van der Waals surface area (Å²) in [4.78, 5) is 11.8. The second-order valence-electron chi connectivity index (χ2n) is 9.84. The van der Waals surface area contributed by atoms with E-state index in [-0.39, 0.29) is 12.0 Å². The third kappa shape index (κ3) is 4.40. The molecule has 0 unspecified atom stereocenters. The molecular weight excluding hydrogens is 414 g/mol. The molecule has 0 amide bonds. The number of carboxylic acid groups (broad SMARTS) is 1. The Labute approximate surface area is 186 Å². The largest absolute Gasteiger partial charge is 0.487 e. The number of carboxylic acids is 1. The van der Waals surface area contributed by atoms with Gasteiger partial charge in [0.15, 0.2) is 0 Å². The highest BCUT2D eigenvalue weighted by atomic mass is 32.2. The van der Waals surface area contributed by atoms with Gasteiger partial charge in [0, 0.05) is 13.1 Å². The zero-order valence-corrected chi connectivity index (χ0v) is 20.2. The van der Waals surface area contributed by atoms with Gasteiger partial charge >= 0.3 is 5.97 Å². The van der Waals surface area contributed by atoms with Crippen LogP contribution in [0.25, 0.3) is 0 Å². The molecule has 1 saturated heterocycles. The average Bonchev–Trinajstić information content (AvgIpc) is 2.65. The maximum atomic E-state index is 13.7. The number of sulfonamides is 1. The Hall–Kier alpha value is -1.86. The van der Waals surface area contributed by atoms with Crippen molar-refractivity contribution >= 4 is 16.0 Å². The molecule has 7 heteroatoms. The van der Waals surface area contributed by atoms with Gasteiger partial charge in [0.1, 0.15) is 11.4 Å². The van der Waals surface area contributed by atoms with Crippen LogP contribution >= 0.6 is 0 Å². The summed E-state index contributed by atoms with van der Waals surface area (Å²) in [5, 5.41) is 9.34. The van der Waals surface area contributed by atoms with Crippen molar-refractivity contribution in [2.45, 2.75) is 83.6 Å². The van der Waals surface area contributed by atoms with E-state index in [1.165, 1.54) is 4.31 Å². The summed E-state index contributed by atoms with van der Waals surface area (Å²) in [5.41, 5.74) is 2.71. The molecule has 2 aliphatic heterocycles. The van der Waals surface area contributed by atoms with Crippen LogP contribution in [0.15, 0.2) is 17.6 Å². The van der Waals surface area contributed by atoms with Crippen molar-refractivity contribution < 1.29 is 23.1 Å². The zero-order chi connectivity index (χ0) is 23.2. The summed E-state index contributed by atoms with van der Waals surface area (Å²) >= 11 is 0. The van der Waals surface area contributed by atoms with Gasteiger partial charge in [-0.25, -0.2) is 8.42 Å². The fourth-order valence-corrected chi connectivity index (χ4v) is 7.12. The van der Waals surface area contributed by atoms with E-state index in [1.54, 1.807) is 6.08 Å². The lowest BCUT2D eigenvalue weighted by atomic mass is 9.73.